The molecule has 0 aromatic carbocycles. The molecule has 0 fully saturated rings. The van der Waals surface area contributed by atoms with E-state index in [0.29, 0.717) is 6.04 Å². The van der Waals surface area contributed by atoms with Gasteiger partial charge in [0.2, 0.25) is 0 Å². The summed E-state index contributed by atoms with van der Waals surface area (Å²) in [6.45, 7) is 7.46. The molecule has 1 aromatic rings. The Balaban J connectivity index is 2.47. The van der Waals surface area contributed by atoms with E-state index in [1.165, 1.54) is 19.3 Å². The Kier molecular flexibility index (Phi) is 6.37. The zero-order valence-corrected chi connectivity index (χ0v) is 11.2. The van der Waals surface area contributed by atoms with Gasteiger partial charge in [-0.2, -0.15) is 0 Å². The van der Waals surface area contributed by atoms with Gasteiger partial charge in [0.25, 0.3) is 0 Å². The molecule has 0 saturated carbocycles. The van der Waals surface area contributed by atoms with E-state index in [4.69, 9.17) is 0 Å². The van der Waals surface area contributed by atoms with Crippen LogP contribution in [0.15, 0.2) is 12.4 Å². The molecule has 0 amide bonds. The van der Waals surface area contributed by atoms with Crippen molar-refractivity contribution in [3.8, 4) is 0 Å². The third kappa shape index (κ3) is 5.52. The third-order valence-corrected chi connectivity index (χ3v) is 2.58. The van der Waals surface area contributed by atoms with Gasteiger partial charge in [-0.05, 0) is 19.8 Å². The van der Waals surface area contributed by atoms with Crippen LogP contribution in [-0.4, -0.2) is 22.6 Å². The van der Waals surface area contributed by atoms with E-state index >= 15 is 0 Å². The van der Waals surface area contributed by atoms with Crippen LogP contribution in [0.5, 0.6) is 0 Å². The molecule has 0 aliphatic carbocycles. The maximum atomic E-state index is 4.47. The van der Waals surface area contributed by atoms with Crippen LogP contribution in [0.2, 0.25) is 0 Å². The van der Waals surface area contributed by atoms with E-state index in [1.54, 1.807) is 12.4 Å². The van der Waals surface area contributed by atoms with Crippen LogP contribution in [0.3, 0.4) is 0 Å². The Morgan fingerprint density at radius 1 is 1.18 bits per heavy atom. The number of hydrogen-bond acceptors (Lipinski definition) is 4. The van der Waals surface area contributed by atoms with Crippen molar-refractivity contribution in [2.24, 2.45) is 0 Å². The topological polar surface area (TPSA) is 49.8 Å². The van der Waals surface area contributed by atoms with Crippen LogP contribution in [-0.2, 0) is 0 Å². The summed E-state index contributed by atoms with van der Waals surface area (Å²) >= 11 is 0. The smallest absolute Gasteiger partial charge is 0.147 e. The second-order valence-electron chi connectivity index (χ2n) is 4.40. The first kappa shape index (κ1) is 13.7. The number of nitrogens with one attached hydrogen (secondary N) is 2. The first-order chi connectivity index (χ1) is 8.26. The van der Waals surface area contributed by atoms with Crippen LogP contribution >= 0.6 is 0 Å². The van der Waals surface area contributed by atoms with Gasteiger partial charge in [-0.25, -0.2) is 4.98 Å². The first-order valence-corrected chi connectivity index (χ1v) is 6.58. The van der Waals surface area contributed by atoms with Crippen LogP contribution in [0, 0.1) is 0 Å². The van der Waals surface area contributed by atoms with Crippen molar-refractivity contribution in [2.45, 2.75) is 52.5 Å². The molecule has 1 heterocycles. The van der Waals surface area contributed by atoms with E-state index in [1.807, 2.05) is 0 Å². The standard InChI is InChI=1S/C13H24N4/c1-4-6-7-11(3)16-13-10-14-9-12(17-13)15-8-5-2/h9-11H,4-8H2,1-3H3,(H2,15,16,17). The zero-order valence-electron chi connectivity index (χ0n) is 11.2. The van der Waals surface area contributed by atoms with E-state index in [9.17, 15) is 0 Å². The molecule has 2 N–H and O–H groups in total. The van der Waals surface area contributed by atoms with Gasteiger partial charge in [0.1, 0.15) is 11.6 Å². The zero-order chi connectivity index (χ0) is 12.5. The molecule has 0 spiro atoms. The minimum Gasteiger partial charge on any atom is -0.369 e. The number of rotatable bonds is 8. The van der Waals surface area contributed by atoms with Crippen LogP contribution < -0.4 is 10.6 Å². The number of hydrogen-bond donors (Lipinski definition) is 2. The summed E-state index contributed by atoms with van der Waals surface area (Å²) in [6.07, 6.45) is 8.28. The number of aromatic nitrogens is 2. The first-order valence-electron chi connectivity index (χ1n) is 6.58. The molecule has 0 bridgehead atoms. The number of nitrogens with zero attached hydrogens (tertiary/aromatic N) is 2. The van der Waals surface area contributed by atoms with Crippen molar-refractivity contribution in [3.05, 3.63) is 12.4 Å². The molecule has 96 valence electrons. The molecule has 0 radical (unpaired) electrons. The predicted octanol–water partition coefficient (Wildman–Crippen LogP) is 3.29. The summed E-state index contributed by atoms with van der Waals surface area (Å²) in [4.78, 5) is 8.66. The lowest BCUT2D eigenvalue weighted by molar-refractivity contribution is 0.643. The van der Waals surface area contributed by atoms with Gasteiger partial charge in [0.05, 0.1) is 12.4 Å². The average molecular weight is 236 g/mol. The Bertz CT molecular complexity index is 314. The number of anilines is 2. The van der Waals surface area contributed by atoms with Gasteiger partial charge in [0.15, 0.2) is 0 Å². The lowest BCUT2D eigenvalue weighted by atomic mass is 10.1. The minimum atomic E-state index is 0.450. The van der Waals surface area contributed by atoms with Gasteiger partial charge >= 0.3 is 0 Å². The highest BCUT2D eigenvalue weighted by atomic mass is 15.1. The van der Waals surface area contributed by atoms with Crippen molar-refractivity contribution < 1.29 is 0 Å². The maximum absolute atomic E-state index is 4.47. The molecular weight excluding hydrogens is 212 g/mol. The molecule has 1 atom stereocenters. The summed E-state index contributed by atoms with van der Waals surface area (Å²) in [7, 11) is 0. The normalized spacial score (nSPS) is 12.2. The van der Waals surface area contributed by atoms with E-state index in [-0.39, 0.29) is 0 Å². The molecular formula is C13H24N4. The summed E-state index contributed by atoms with van der Waals surface area (Å²) in [5.74, 6) is 1.70. The van der Waals surface area contributed by atoms with Gasteiger partial charge in [-0.1, -0.05) is 26.7 Å². The van der Waals surface area contributed by atoms with Gasteiger partial charge in [0, 0.05) is 12.6 Å². The fraction of sp³-hybridized carbons (Fsp3) is 0.692. The highest BCUT2D eigenvalue weighted by Gasteiger charge is 2.03. The fourth-order valence-electron chi connectivity index (χ4n) is 1.61. The predicted molar refractivity (Wildman–Crippen MR) is 73.4 cm³/mol. The summed E-state index contributed by atoms with van der Waals surface area (Å²) < 4.78 is 0. The van der Waals surface area contributed by atoms with Gasteiger partial charge in [-0.3, -0.25) is 4.98 Å². The van der Waals surface area contributed by atoms with Gasteiger partial charge in [-0.15, -0.1) is 0 Å². The molecule has 17 heavy (non-hydrogen) atoms. The molecule has 0 saturated heterocycles. The highest BCUT2D eigenvalue weighted by molar-refractivity contribution is 5.41. The quantitative estimate of drug-likeness (QED) is 0.727. The van der Waals surface area contributed by atoms with E-state index in [2.05, 4.69) is 41.4 Å². The monoisotopic (exact) mass is 236 g/mol. The molecule has 1 aromatic heterocycles. The van der Waals surface area contributed by atoms with Gasteiger partial charge < -0.3 is 10.6 Å². The van der Waals surface area contributed by atoms with Crippen LogP contribution in [0.4, 0.5) is 11.6 Å². The molecule has 4 heteroatoms. The minimum absolute atomic E-state index is 0.450. The largest absolute Gasteiger partial charge is 0.369 e. The highest BCUT2D eigenvalue weighted by Crippen LogP contribution is 2.10. The SMILES string of the molecule is CCCCC(C)Nc1cncc(NCCC)n1. The Morgan fingerprint density at radius 2 is 1.94 bits per heavy atom. The third-order valence-electron chi connectivity index (χ3n) is 2.58. The molecule has 0 aliphatic rings. The van der Waals surface area contributed by atoms with Crippen molar-refractivity contribution in [2.75, 3.05) is 17.2 Å². The molecule has 1 rings (SSSR count). The van der Waals surface area contributed by atoms with Crippen molar-refractivity contribution in [1.29, 1.82) is 0 Å². The average Bonchev–Trinajstić information content (AvgIpc) is 2.34. The second-order valence-corrected chi connectivity index (χ2v) is 4.40. The lowest BCUT2D eigenvalue weighted by Crippen LogP contribution is -2.16. The molecule has 0 aliphatic heterocycles. The lowest BCUT2D eigenvalue weighted by Gasteiger charge is -2.14. The number of unbranched alkanes of at least 4 members (excludes halogenated alkanes) is 1. The summed E-state index contributed by atoms with van der Waals surface area (Å²) in [6, 6.07) is 0.450. The van der Waals surface area contributed by atoms with Crippen molar-refractivity contribution in [1.82, 2.24) is 9.97 Å². The Hall–Kier alpha value is -1.32. The van der Waals surface area contributed by atoms with E-state index in [0.717, 1.165) is 24.6 Å². The molecule has 1 unspecified atom stereocenters. The van der Waals surface area contributed by atoms with Crippen LogP contribution in [0.25, 0.3) is 0 Å². The molecule has 4 nitrogen and oxygen atoms in total. The van der Waals surface area contributed by atoms with E-state index < -0.39 is 0 Å². The van der Waals surface area contributed by atoms with Crippen molar-refractivity contribution in [3.63, 3.8) is 0 Å². The Labute approximate surface area is 104 Å². The maximum Gasteiger partial charge on any atom is 0.147 e. The Morgan fingerprint density at radius 3 is 2.65 bits per heavy atom. The second kappa shape index (κ2) is 7.87. The summed E-state index contributed by atoms with van der Waals surface area (Å²) in [5, 5.41) is 6.62. The van der Waals surface area contributed by atoms with Crippen LogP contribution in [0.1, 0.15) is 46.5 Å². The van der Waals surface area contributed by atoms with Crippen molar-refractivity contribution >= 4 is 11.6 Å². The summed E-state index contributed by atoms with van der Waals surface area (Å²) in [5.41, 5.74) is 0. The fourth-order valence-corrected chi connectivity index (χ4v) is 1.61.